The number of rotatable bonds is 6. The quantitative estimate of drug-likeness (QED) is 0.459. The molecule has 30 heavy (non-hydrogen) atoms. The van der Waals surface area contributed by atoms with Gasteiger partial charge in [0.2, 0.25) is 11.8 Å². The van der Waals surface area contributed by atoms with Crippen molar-refractivity contribution in [1.82, 2.24) is 14.5 Å². The molecular weight excluding hydrogens is 433 g/mol. The van der Waals surface area contributed by atoms with Gasteiger partial charge in [-0.15, -0.1) is 16.3 Å². The van der Waals surface area contributed by atoms with Crippen LogP contribution >= 0.6 is 23.2 Å². The number of alkyl halides is 1. The van der Waals surface area contributed by atoms with Crippen LogP contribution in [0.15, 0.2) is 35.3 Å². The van der Waals surface area contributed by atoms with Gasteiger partial charge in [-0.25, -0.2) is 4.79 Å². The SMILES string of the molecule is N=CC(Cl)C=Nc1cc(Cl)ccc1CN1CCN(C(=O)On2c(O)ccc2O)CC1. The average Bonchev–Trinajstić information content (AvgIpc) is 3.06. The average molecular weight is 454 g/mol. The number of halogens is 2. The van der Waals surface area contributed by atoms with Crippen LogP contribution in [-0.2, 0) is 6.54 Å². The number of carbonyl (C=O) groups is 1. The van der Waals surface area contributed by atoms with E-state index in [9.17, 15) is 15.0 Å². The molecule has 1 atom stereocenters. The number of benzene rings is 1. The predicted molar refractivity (Wildman–Crippen MR) is 115 cm³/mol. The van der Waals surface area contributed by atoms with Gasteiger partial charge in [-0.05, 0) is 17.7 Å². The number of aromatic nitrogens is 1. The fourth-order valence-corrected chi connectivity index (χ4v) is 3.17. The summed E-state index contributed by atoms with van der Waals surface area (Å²) in [6, 6.07) is 7.86. The number of amides is 1. The van der Waals surface area contributed by atoms with E-state index in [1.54, 1.807) is 12.1 Å². The molecule has 0 saturated carbocycles. The first kappa shape index (κ1) is 21.9. The number of piperazine rings is 1. The molecule has 1 aromatic heterocycles. The predicted octanol–water partition coefficient (Wildman–Crippen LogP) is 2.88. The topological polar surface area (TPSA) is 114 Å². The van der Waals surface area contributed by atoms with Gasteiger partial charge in [-0.1, -0.05) is 17.7 Å². The van der Waals surface area contributed by atoms with Crippen molar-refractivity contribution in [2.24, 2.45) is 4.99 Å². The smallest absolute Gasteiger partial charge is 0.434 e. The van der Waals surface area contributed by atoms with Crippen LogP contribution in [0.2, 0.25) is 5.02 Å². The van der Waals surface area contributed by atoms with Crippen LogP contribution in [0, 0.1) is 5.41 Å². The molecule has 11 heteroatoms. The first-order valence-electron chi connectivity index (χ1n) is 9.14. The second kappa shape index (κ2) is 9.84. The van der Waals surface area contributed by atoms with Crippen molar-refractivity contribution in [3.63, 3.8) is 0 Å². The van der Waals surface area contributed by atoms with Crippen LogP contribution in [0.5, 0.6) is 11.8 Å². The Bertz CT molecular complexity index is 922. The molecule has 0 spiro atoms. The normalized spacial score (nSPS) is 16.0. The van der Waals surface area contributed by atoms with Crippen molar-refractivity contribution in [1.29, 1.82) is 5.41 Å². The minimum Gasteiger partial charge on any atom is -0.492 e. The van der Waals surface area contributed by atoms with Gasteiger partial charge in [-0.2, -0.15) is 0 Å². The summed E-state index contributed by atoms with van der Waals surface area (Å²) in [5.41, 5.74) is 1.62. The van der Waals surface area contributed by atoms with Crippen molar-refractivity contribution in [3.05, 3.63) is 40.9 Å². The molecule has 3 rings (SSSR count). The maximum Gasteiger partial charge on any atom is 0.434 e. The zero-order chi connectivity index (χ0) is 21.7. The Balaban J connectivity index is 1.59. The fourth-order valence-electron chi connectivity index (χ4n) is 2.95. The Hall–Kier alpha value is -2.75. The third kappa shape index (κ3) is 5.44. The van der Waals surface area contributed by atoms with E-state index in [-0.39, 0.29) is 11.8 Å². The molecule has 1 fully saturated rings. The third-order valence-corrected chi connectivity index (χ3v) is 5.03. The van der Waals surface area contributed by atoms with E-state index in [2.05, 4.69) is 9.89 Å². The van der Waals surface area contributed by atoms with Crippen LogP contribution in [0.3, 0.4) is 0 Å². The van der Waals surface area contributed by atoms with Crippen molar-refractivity contribution >= 4 is 47.4 Å². The van der Waals surface area contributed by atoms with E-state index >= 15 is 0 Å². The second-order valence-corrected chi connectivity index (χ2v) is 7.57. The van der Waals surface area contributed by atoms with Crippen LogP contribution < -0.4 is 4.84 Å². The lowest BCUT2D eigenvalue weighted by Gasteiger charge is -2.34. The summed E-state index contributed by atoms with van der Waals surface area (Å²) in [4.78, 5) is 25.3. The molecule has 0 aliphatic carbocycles. The molecule has 1 saturated heterocycles. The molecular formula is C19H21Cl2N5O4. The number of hydrogen-bond acceptors (Lipinski definition) is 7. The van der Waals surface area contributed by atoms with Crippen LogP contribution in [0.25, 0.3) is 0 Å². The molecule has 1 aliphatic heterocycles. The maximum absolute atomic E-state index is 12.3. The standard InChI is InChI=1S/C19H21Cl2N5O4/c20-14-2-1-13(16(9-14)23-11-15(21)10-22)12-24-5-7-25(8-6-24)19(29)30-26-17(27)3-4-18(26)28/h1-4,9-11,15,22,27-28H,5-8,12H2. The summed E-state index contributed by atoms with van der Waals surface area (Å²) in [6.45, 7) is 2.65. The highest BCUT2D eigenvalue weighted by atomic mass is 35.5. The van der Waals surface area contributed by atoms with Crippen LogP contribution in [0.1, 0.15) is 5.56 Å². The lowest BCUT2D eigenvalue weighted by atomic mass is 10.1. The van der Waals surface area contributed by atoms with Gasteiger partial charge in [0.05, 0.1) is 5.69 Å². The van der Waals surface area contributed by atoms with Gasteiger partial charge >= 0.3 is 6.09 Å². The van der Waals surface area contributed by atoms with Gasteiger partial charge in [0.1, 0.15) is 5.38 Å². The highest BCUT2D eigenvalue weighted by molar-refractivity contribution is 6.36. The molecule has 160 valence electrons. The van der Waals surface area contributed by atoms with E-state index < -0.39 is 11.5 Å². The lowest BCUT2D eigenvalue weighted by molar-refractivity contribution is 0.0556. The van der Waals surface area contributed by atoms with Gasteiger partial charge in [-0.3, -0.25) is 9.89 Å². The summed E-state index contributed by atoms with van der Waals surface area (Å²) in [6.07, 6.45) is 1.90. The van der Waals surface area contributed by atoms with Gasteiger partial charge in [0.25, 0.3) is 0 Å². The highest BCUT2D eigenvalue weighted by Crippen LogP contribution is 2.26. The maximum atomic E-state index is 12.3. The molecule has 2 heterocycles. The zero-order valence-corrected chi connectivity index (χ0v) is 17.4. The van der Waals surface area contributed by atoms with E-state index in [0.717, 1.165) is 11.8 Å². The largest absolute Gasteiger partial charge is 0.492 e. The monoisotopic (exact) mass is 453 g/mol. The van der Waals surface area contributed by atoms with Crippen LogP contribution in [0.4, 0.5) is 10.5 Å². The van der Waals surface area contributed by atoms with Crippen molar-refractivity contribution < 1.29 is 19.8 Å². The molecule has 0 radical (unpaired) electrons. The summed E-state index contributed by atoms with van der Waals surface area (Å²) in [5, 5.41) is 26.3. The summed E-state index contributed by atoms with van der Waals surface area (Å²) < 4.78 is 0.672. The molecule has 2 aromatic rings. The molecule has 0 bridgehead atoms. The van der Waals surface area contributed by atoms with Crippen LogP contribution in [-0.4, -0.2) is 74.8 Å². The molecule has 1 amide bonds. The van der Waals surface area contributed by atoms with E-state index in [4.69, 9.17) is 33.4 Å². The van der Waals surface area contributed by atoms with Gasteiger partial charge in [0.15, 0.2) is 0 Å². The van der Waals surface area contributed by atoms with Crippen molar-refractivity contribution in [2.75, 3.05) is 26.2 Å². The number of hydrogen-bond donors (Lipinski definition) is 3. The number of carbonyl (C=O) groups excluding carboxylic acids is 1. The fraction of sp³-hybridized carbons (Fsp3) is 0.316. The summed E-state index contributed by atoms with van der Waals surface area (Å²) in [7, 11) is 0. The van der Waals surface area contributed by atoms with E-state index in [0.29, 0.717) is 48.2 Å². The Labute approximate surface area is 183 Å². The molecule has 9 nitrogen and oxygen atoms in total. The third-order valence-electron chi connectivity index (χ3n) is 4.55. The number of aromatic hydroxyl groups is 2. The lowest BCUT2D eigenvalue weighted by Crippen LogP contribution is -2.50. The zero-order valence-electron chi connectivity index (χ0n) is 15.9. The first-order valence-corrected chi connectivity index (χ1v) is 9.95. The summed E-state index contributed by atoms with van der Waals surface area (Å²) in [5.74, 6) is -0.727. The van der Waals surface area contributed by atoms with E-state index in [1.807, 2.05) is 6.07 Å². The Kier molecular flexibility index (Phi) is 7.20. The molecule has 1 aliphatic rings. The second-order valence-electron chi connectivity index (χ2n) is 6.63. The van der Waals surface area contributed by atoms with Gasteiger partial charge < -0.3 is 25.4 Å². The molecule has 1 aromatic carbocycles. The summed E-state index contributed by atoms with van der Waals surface area (Å²) >= 11 is 12.0. The number of nitrogens with zero attached hydrogens (tertiary/aromatic N) is 4. The number of aliphatic imine (C=N–C) groups is 1. The van der Waals surface area contributed by atoms with Crippen molar-refractivity contribution in [2.45, 2.75) is 11.9 Å². The Morgan fingerprint density at radius 2 is 1.87 bits per heavy atom. The minimum absolute atomic E-state index is 0.363. The highest BCUT2D eigenvalue weighted by Gasteiger charge is 2.24. The van der Waals surface area contributed by atoms with E-state index in [1.165, 1.54) is 23.2 Å². The minimum atomic E-state index is -0.659. The Morgan fingerprint density at radius 1 is 1.20 bits per heavy atom. The molecule has 1 unspecified atom stereocenters. The van der Waals surface area contributed by atoms with Crippen molar-refractivity contribution in [3.8, 4) is 11.8 Å². The Morgan fingerprint density at radius 3 is 2.50 bits per heavy atom. The first-order chi connectivity index (χ1) is 14.4. The number of nitrogens with one attached hydrogen (secondary N) is 1. The molecule has 3 N–H and O–H groups in total. The van der Waals surface area contributed by atoms with Gasteiger partial charge in [0, 0.05) is 62.3 Å².